The van der Waals surface area contributed by atoms with E-state index < -0.39 is 17.4 Å². The molecule has 0 rings (SSSR count). The van der Waals surface area contributed by atoms with E-state index in [1.54, 1.807) is 20.8 Å². The van der Waals surface area contributed by atoms with Crippen molar-refractivity contribution in [2.75, 3.05) is 20.2 Å². The van der Waals surface area contributed by atoms with Crippen LogP contribution in [0.2, 0.25) is 0 Å². The van der Waals surface area contributed by atoms with Crippen molar-refractivity contribution >= 4 is 17.8 Å². The van der Waals surface area contributed by atoms with Crippen LogP contribution in [0, 0.1) is 5.41 Å². The molecular weight excluding hydrogens is 238 g/mol. The van der Waals surface area contributed by atoms with Crippen molar-refractivity contribution in [3.8, 4) is 0 Å². The first-order chi connectivity index (χ1) is 8.18. The Morgan fingerprint density at radius 2 is 1.78 bits per heavy atom. The maximum atomic E-state index is 11.8. The number of hydrogen-bond donors (Lipinski definition) is 1. The van der Waals surface area contributed by atoms with Crippen LogP contribution in [0.5, 0.6) is 0 Å². The molecular formula is C12H21NO5. The van der Waals surface area contributed by atoms with E-state index in [1.165, 1.54) is 11.9 Å². The lowest BCUT2D eigenvalue weighted by atomic mass is 9.85. The highest BCUT2D eigenvalue weighted by atomic mass is 16.5. The van der Waals surface area contributed by atoms with E-state index in [-0.39, 0.29) is 31.9 Å². The summed E-state index contributed by atoms with van der Waals surface area (Å²) in [6.45, 7) is 5.26. The van der Waals surface area contributed by atoms with E-state index in [0.29, 0.717) is 0 Å². The van der Waals surface area contributed by atoms with Gasteiger partial charge in [-0.1, -0.05) is 13.8 Å². The van der Waals surface area contributed by atoms with Gasteiger partial charge in [-0.3, -0.25) is 14.4 Å². The number of esters is 1. The molecule has 1 amide bonds. The van der Waals surface area contributed by atoms with Crippen LogP contribution >= 0.6 is 0 Å². The minimum absolute atomic E-state index is 0.0786. The average Bonchev–Trinajstić information content (AvgIpc) is 2.14. The number of likely N-dealkylation sites (N-methyl/N-ethyl adjacent to an activating group) is 1. The van der Waals surface area contributed by atoms with Crippen molar-refractivity contribution in [3.05, 3.63) is 0 Å². The highest BCUT2D eigenvalue weighted by Gasteiger charge is 2.27. The third-order valence-electron chi connectivity index (χ3n) is 2.36. The van der Waals surface area contributed by atoms with E-state index in [0.717, 1.165) is 0 Å². The number of carboxylic acid groups (broad SMARTS) is 1. The van der Waals surface area contributed by atoms with Crippen LogP contribution in [0.3, 0.4) is 0 Å². The first kappa shape index (κ1) is 16.4. The van der Waals surface area contributed by atoms with Crippen LogP contribution in [0.15, 0.2) is 0 Å². The molecule has 0 heterocycles. The molecule has 0 aromatic rings. The van der Waals surface area contributed by atoms with Crippen LogP contribution in [-0.2, 0) is 19.1 Å². The summed E-state index contributed by atoms with van der Waals surface area (Å²) in [5.41, 5.74) is -0.633. The molecule has 0 aromatic carbocycles. The SMILES string of the molecule is CCOC(=O)CN(C)C(=O)CC(C)(C)CC(=O)O. The minimum atomic E-state index is -0.944. The zero-order valence-electron chi connectivity index (χ0n) is 11.4. The van der Waals surface area contributed by atoms with Gasteiger partial charge < -0.3 is 14.7 Å². The third kappa shape index (κ3) is 6.88. The molecule has 104 valence electrons. The molecule has 0 aliphatic heterocycles. The Balaban J connectivity index is 4.30. The molecule has 6 heteroatoms. The van der Waals surface area contributed by atoms with Crippen molar-refractivity contribution in [2.24, 2.45) is 5.41 Å². The fourth-order valence-electron chi connectivity index (χ4n) is 1.50. The predicted molar refractivity (Wildman–Crippen MR) is 64.9 cm³/mol. The monoisotopic (exact) mass is 259 g/mol. The molecule has 18 heavy (non-hydrogen) atoms. The van der Waals surface area contributed by atoms with Crippen LogP contribution in [0.25, 0.3) is 0 Å². The second-order valence-electron chi connectivity index (χ2n) is 4.97. The lowest BCUT2D eigenvalue weighted by Gasteiger charge is -2.25. The Kier molecular flexibility index (Phi) is 6.36. The zero-order chi connectivity index (χ0) is 14.3. The molecule has 0 spiro atoms. The van der Waals surface area contributed by atoms with Gasteiger partial charge in [0.25, 0.3) is 0 Å². The maximum absolute atomic E-state index is 11.8. The molecule has 0 aromatic heterocycles. The first-order valence-corrected chi connectivity index (χ1v) is 5.79. The molecule has 0 aliphatic carbocycles. The van der Waals surface area contributed by atoms with Gasteiger partial charge in [0.1, 0.15) is 6.54 Å². The smallest absolute Gasteiger partial charge is 0.325 e. The summed E-state index contributed by atoms with van der Waals surface area (Å²) in [4.78, 5) is 34.9. The number of carboxylic acids is 1. The summed E-state index contributed by atoms with van der Waals surface area (Å²) in [6.07, 6.45) is -0.0127. The molecule has 0 saturated carbocycles. The molecule has 0 atom stereocenters. The summed E-state index contributed by atoms with van der Waals surface area (Å²) in [6, 6.07) is 0. The van der Waals surface area contributed by atoms with Crippen LogP contribution in [0.1, 0.15) is 33.6 Å². The Morgan fingerprint density at radius 3 is 2.22 bits per heavy atom. The number of amides is 1. The van der Waals surface area contributed by atoms with Gasteiger partial charge >= 0.3 is 11.9 Å². The molecule has 0 aliphatic rings. The molecule has 0 fully saturated rings. The van der Waals surface area contributed by atoms with Crippen molar-refractivity contribution in [2.45, 2.75) is 33.6 Å². The van der Waals surface area contributed by atoms with Gasteiger partial charge in [0.05, 0.1) is 13.0 Å². The Morgan fingerprint density at radius 1 is 1.22 bits per heavy atom. The first-order valence-electron chi connectivity index (χ1n) is 5.79. The summed E-state index contributed by atoms with van der Waals surface area (Å²) < 4.78 is 4.73. The fourth-order valence-corrected chi connectivity index (χ4v) is 1.50. The summed E-state index contributed by atoms with van der Waals surface area (Å²) in [5.74, 6) is -1.68. The Hall–Kier alpha value is -1.59. The number of hydrogen-bond acceptors (Lipinski definition) is 4. The van der Waals surface area contributed by atoms with Gasteiger partial charge in [0.2, 0.25) is 5.91 Å². The number of aliphatic carboxylic acids is 1. The van der Waals surface area contributed by atoms with E-state index in [2.05, 4.69) is 0 Å². The van der Waals surface area contributed by atoms with Crippen molar-refractivity contribution in [1.29, 1.82) is 0 Å². The van der Waals surface area contributed by atoms with Gasteiger partial charge in [0.15, 0.2) is 0 Å². The van der Waals surface area contributed by atoms with Crippen molar-refractivity contribution < 1.29 is 24.2 Å². The Labute approximate surface area is 107 Å². The maximum Gasteiger partial charge on any atom is 0.325 e. The molecule has 1 N–H and O–H groups in total. The highest BCUT2D eigenvalue weighted by molar-refractivity contribution is 5.82. The van der Waals surface area contributed by atoms with E-state index in [1.807, 2.05) is 0 Å². The third-order valence-corrected chi connectivity index (χ3v) is 2.36. The van der Waals surface area contributed by atoms with E-state index in [9.17, 15) is 14.4 Å². The lowest BCUT2D eigenvalue weighted by molar-refractivity contribution is -0.149. The fraction of sp³-hybridized carbons (Fsp3) is 0.750. The molecule has 0 radical (unpaired) electrons. The van der Waals surface area contributed by atoms with E-state index >= 15 is 0 Å². The van der Waals surface area contributed by atoms with E-state index in [4.69, 9.17) is 9.84 Å². The zero-order valence-corrected chi connectivity index (χ0v) is 11.4. The number of ether oxygens (including phenoxy) is 1. The molecule has 0 saturated heterocycles. The number of carbonyl (C=O) groups is 3. The van der Waals surface area contributed by atoms with Gasteiger partial charge in [-0.15, -0.1) is 0 Å². The topological polar surface area (TPSA) is 83.9 Å². The van der Waals surface area contributed by atoms with Crippen molar-refractivity contribution in [3.63, 3.8) is 0 Å². The van der Waals surface area contributed by atoms with Crippen LogP contribution < -0.4 is 0 Å². The van der Waals surface area contributed by atoms with Gasteiger partial charge in [-0.2, -0.15) is 0 Å². The van der Waals surface area contributed by atoms with Crippen molar-refractivity contribution in [1.82, 2.24) is 4.90 Å². The van der Waals surface area contributed by atoms with Gasteiger partial charge in [0, 0.05) is 13.5 Å². The minimum Gasteiger partial charge on any atom is -0.481 e. The Bertz CT molecular complexity index is 324. The van der Waals surface area contributed by atoms with Gasteiger partial charge in [-0.05, 0) is 12.3 Å². The second-order valence-corrected chi connectivity index (χ2v) is 4.97. The highest BCUT2D eigenvalue weighted by Crippen LogP contribution is 2.25. The molecule has 0 bridgehead atoms. The summed E-state index contributed by atoms with van der Waals surface area (Å²) in [5, 5.41) is 8.72. The summed E-state index contributed by atoms with van der Waals surface area (Å²) in [7, 11) is 1.50. The number of carbonyl (C=O) groups excluding carboxylic acids is 2. The molecule has 6 nitrogen and oxygen atoms in total. The van der Waals surface area contributed by atoms with Gasteiger partial charge in [-0.25, -0.2) is 0 Å². The number of nitrogens with zero attached hydrogens (tertiary/aromatic N) is 1. The van der Waals surface area contributed by atoms with Crippen LogP contribution in [-0.4, -0.2) is 48.1 Å². The standard InChI is InChI=1S/C12H21NO5/c1-5-18-11(17)8-13(4)9(14)6-12(2,3)7-10(15)16/h5-8H2,1-4H3,(H,15,16). The quantitative estimate of drug-likeness (QED) is 0.687. The predicted octanol–water partition coefficient (Wildman–Crippen LogP) is 0.899. The molecule has 0 unspecified atom stereocenters. The average molecular weight is 259 g/mol. The second kappa shape index (κ2) is 6.98. The number of rotatable bonds is 7. The normalized spacial score (nSPS) is 10.9. The van der Waals surface area contributed by atoms with Crippen LogP contribution in [0.4, 0.5) is 0 Å². The lowest BCUT2D eigenvalue weighted by Crippen LogP contribution is -2.36. The largest absolute Gasteiger partial charge is 0.481 e. The summed E-state index contributed by atoms with van der Waals surface area (Å²) >= 11 is 0.